The molecule has 9 heteroatoms. The van der Waals surface area contributed by atoms with E-state index in [0.717, 1.165) is 0 Å². The van der Waals surface area contributed by atoms with E-state index in [1.165, 1.54) is 12.1 Å². The summed E-state index contributed by atoms with van der Waals surface area (Å²) in [5.41, 5.74) is 1.78. The standard InChI is InChI=1S/C20H14Cl2N2O4S/c1-10-12(19(26)27)3-2-4-15(10)23-20(29)24-18(25)17-8-7-16(28-17)11-5-6-13(21)14(22)9-11/h2-9H,1H3,(H,26,27)(H2,23,24,25,29). The van der Waals surface area contributed by atoms with Gasteiger partial charge in [-0.1, -0.05) is 29.3 Å². The van der Waals surface area contributed by atoms with Crippen molar-refractivity contribution in [2.75, 3.05) is 5.32 Å². The van der Waals surface area contributed by atoms with Gasteiger partial charge in [0.15, 0.2) is 10.9 Å². The first kappa shape index (κ1) is 20.9. The minimum Gasteiger partial charge on any atom is -0.478 e. The number of carboxylic acids is 1. The average Bonchev–Trinajstić information content (AvgIpc) is 3.15. The number of carbonyl (C=O) groups excluding carboxylic acids is 1. The van der Waals surface area contributed by atoms with E-state index in [0.29, 0.717) is 32.6 Å². The number of amides is 1. The highest BCUT2D eigenvalue weighted by Gasteiger charge is 2.16. The van der Waals surface area contributed by atoms with Gasteiger partial charge in [0, 0.05) is 11.3 Å². The normalized spacial score (nSPS) is 10.4. The first-order valence-corrected chi connectivity index (χ1v) is 9.43. The smallest absolute Gasteiger partial charge is 0.336 e. The first-order valence-electron chi connectivity index (χ1n) is 8.26. The number of nitrogens with one attached hydrogen (secondary N) is 2. The SMILES string of the molecule is Cc1c(NC(=S)NC(=O)c2ccc(-c3ccc(Cl)c(Cl)c3)o2)cccc1C(=O)O. The molecule has 0 fully saturated rings. The highest BCUT2D eigenvalue weighted by molar-refractivity contribution is 7.80. The third-order valence-corrected chi connectivity index (χ3v) is 5.02. The monoisotopic (exact) mass is 448 g/mol. The predicted octanol–water partition coefficient (Wildman–Crippen LogP) is 5.39. The largest absolute Gasteiger partial charge is 0.478 e. The van der Waals surface area contributed by atoms with Crippen LogP contribution in [0.2, 0.25) is 10.0 Å². The molecule has 3 rings (SSSR count). The molecule has 1 amide bonds. The van der Waals surface area contributed by atoms with Crippen molar-refractivity contribution in [3.05, 3.63) is 75.5 Å². The lowest BCUT2D eigenvalue weighted by molar-refractivity contribution is 0.0696. The highest BCUT2D eigenvalue weighted by atomic mass is 35.5. The highest BCUT2D eigenvalue weighted by Crippen LogP contribution is 2.29. The fourth-order valence-electron chi connectivity index (χ4n) is 2.59. The fraction of sp³-hybridized carbons (Fsp3) is 0.0500. The third-order valence-electron chi connectivity index (χ3n) is 4.07. The molecular formula is C20H14Cl2N2O4S. The minimum atomic E-state index is -1.05. The summed E-state index contributed by atoms with van der Waals surface area (Å²) in [6, 6.07) is 12.9. The number of carbonyl (C=O) groups is 2. The minimum absolute atomic E-state index is 0.00752. The molecule has 0 saturated carbocycles. The van der Waals surface area contributed by atoms with Crippen LogP contribution < -0.4 is 10.6 Å². The Kier molecular flexibility index (Phi) is 6.22. The Labute approximate surface area is 181 Å². The average molecular weight is 449 g/mol. The van der Waals surface area contributed by atoms with Gasteiger partial charge >= 0.3 is 5.97 Å². The van der Waals surface area contributed by atoms with E-state index in [9.17, 15) is 14.7 Å². The van der Waals surface area contributed by atoms with Gasteiger partial charge in [-0.3, -0.25) is 10.1 Å². The van der Waals surface area contributed by atoms with E-state index in [1.807, 2.05) is 0 Å². The molecule has 148 valence electrons. The maximum absolute atomic E-state index is 12.4. The Morgan fingerprint density at radius 2 is 1.83 bits per heavy atom. The third kappa shape index (κ3) is 4.76. The summed E-state index contributed by atoms with van der Waals surface area (Å²) in [6.07, 6.45) is 0. The van der Waals surface area contributed by atoms with Crippen molar-refractivity contribution in [1.82, 2.24) is 5.32 Å². The van der Waals surface area contributed by atoms with Crippen LogP contribution in [0, 0.1) is 6.92 Å². The Balaban J connectivity index is 1.70. The Hall–Kier alpha value is -2.87. The van der Waals surface area contributed by atoms with Crippen LogP contribution in [0.4, 0.5) is 5.69 Å². The number of hydrogen-bond acceptors (Lipinski definition) is 4. The summed E-state index contributed by atoms with van der Waals surface area (Å²) < 4.78 is 5.57. The molecule has 1 heterocycles. The summed E-state index contributed by atoms with van der Waals surface area (Å²) >= 11 is 17.1. The molecule has 0 bridgehead atoms. The number of halogens is 2. The second-order valence-electron chi connectivity index (χ2n) is 5.98. The lowest BCUT2D eigenvalue weighted by Crippen LogP contribution is -2.34. The molecule has 0 atom stereocenters. The van der Waals surface area contributed by atoms with Crippen LogP contribution in [-0.2, 0) is 0 Å². The first-order chi connectivity index (χ1) is 13.8. The van der Waals surface area contributed by atoms with Gasteiger partial charge in [-0.15, -0.1) is 0 Å². The molecule has 0 aliphatic carbocycles. The summed E-state index contributed by atoms with van der Waals surface area (Å²) in [7, 11) is 0. The lowest BCUT2D eigenvalue weighted by atomic mass is 10.1. The van der Waals surface area contributed by atoms with Gasteiger partial charge < -0.3 is 14.8 Å². The number of hydrogen-bond donors (Lipinski definition) is 3. The summed E-state index contributed by atoms with van der Waals surface area (Å²) in [4.78, 5) is 23.6. The van der Waals surface area contributed by atoms with E-state index >= 15 is 0 Å². The Morgan fingerprint density at radius 1 is 1.07 bits per heavy atom. The summed E-state index contributed by atoms with van der Waals surface area (Å²) in [5, 5.41) is 15.3. The molecule has 3 aromatic rings. The topological polar surface area (TPSA) is 91.6 Å². The maximum atomic E-state index is 12.4. The zero-order valence-corrected chi connectivity index (χ0v) is 17.3. The molecule has 3 N–H and O–H groups in total. The van der Waals surface area contributed by atoms with E-state index in [1.54, 1.807) is 43.3 Å². The number of benzene rings is 2. The van der Waals surface area contributed by atoms with Crippen LogP contribution in [0.15, 0.2) is 52.9 Å². The second-order valence-corrected chi connectivity index (χ2v) is 7.21. The van der Waals surface area contributed by atoms with Crippen LogP contribution in [0.3, 0.4) is 0 Å². The van der Waals surface area contributed by atoms with Gasteiger partial charge in [-0.05, 0) is 67.2 Å². The predicted molar refractivity (Wildman–Crippen MR) is 116 cm³/mol. The van der Waals surface area contributed by atoms with Crippen molar-refractivity contribution >= 4 is 58.1 Å². The van der Waals surface area contributed by atoms with E-state index in [4.69, 9.17) is 39.8 Å². The molecule has 0 unspecified atom stereocenters. The zero-order chi connectivity index (χ0) is 21.1. The van der Waals surface area contributed by atoms with Crippen LogP contribution in [0.25, 0.3) is 11.3 Å². The molecule has 2 aromatic carbocycles. The van der Waals surface area contributed by atoms with Gasteiger partial charge in [-0.2, -0.15) is 0 Å². The number of furan rings is 1. The molecular weight excluding hydrogens is 435 g/mol. The van der Waals surface area contributed by atoms with E-state index in [2.05, 4.69) is 10.6 Å². The van der Waals surface area contributed by atoms with Crippen molar-refractivity contribution in [3.8, 4) is 11.3 Å². The van der Waals surface area contributed by atoms with Gasteiger partial charge in [0.05, 0.1) is 15.6 Å². The molecule has 0 saturated heterocycles. The number of aromatic carboxylic acids is 1. The molecule has 0 aliphatic rings. The fourth-order valence-corrected chi connectivity index (χ4v) is 3.09. The van der Waals surface area contributed by atoms with Crippen molar-refractivity contribution in [2.45, 2.75) is 6.92 Å². The van der Waals surface area contributed by atoms with Crippen LogP contribution in [-0.4, -0.2) is 22.1 Å². The van der Waals surface area contributed by atoms with Crippen LogP contribution in [0.5, 0.6) is 0 Å². The van der Waals surface area contributed by atoms with Crippen molar-refractivity contribution < 1.29 is 19.1 Å². The van der Waals surface area contributed by atoms with E-state index < -0.39 is 11.9 Å². The molecule has 29 heavy (non-hydrogen) atoms. The number of carboxylic acid groups (broad SMARTS) is 1. The van der Waals surface area contributed by atoms with Crippen LogP contribution >= 0.6 is 35.4 Å². The second kappa shape index (κ2) is 8.65. The Bertz CT molecular complexity index is 1130. The molecule has 0 radical (unpaired) electrons. The van der Waals surface area contributed by atoms with Gasteiger partial charge in [0.25, 0.3) is 5.91 Å². The van der Waals surface area contributed by atoms with Crippen LogP contribution in [0.1, 0.15) is 26.5 Å². The van der Waals surface area contributed by atoms with E-state index in [-0.39, 0.29) is 16.4 Å². The zero-order valence-electron chi connectivity index (χ0n) is 15.0. The number of rotatable bonds is 4. The van der Waals surface area contributed by atoms with Crippen molar-refractivity contribution in [3.63, 3.8) is 0 Å². The number of anilines is 1. The van der Waals surface area contributed by atoms with Gasteiger partial charge in [0.2, 0.25) is 0 Å². The maximum Gasteiger partial charge on any atom is 0.336 e. The van der Waals surface area contributed by atoms with Gasteiger partial charge in [-0.25, -0.2) is 4.79 Å². The molecule has 0 aliphatic heterocycles. The molecule has 6 nitrogen and oxygen atoms in total. The van der Waals surface area contributed by atoms with Crippen molar-refractivity contribution in [1.29, 1.82) is 0 Å². The Morgan fingerprint density at radius 3 is 2.52 bits per heavy atom. The van der Waals surface area contributed by atoms with Crippen molar-refractivity contribution in [2.24, 2.45) is 0 Å². The molecule has 0 spiro atoms. The molecule has 1 aromatic heterocycles. The summed E-state index contributed by atoms with van der Waals surface area (Å²) in [6.45, 7) is 1.65. The summed E-state index contributed by atoms with van der Waals surface area (Å²) in [5.74, 6) is -1.11. The quantitative estimate of drug-likeness (QED) is 0.463. The lowest BCUT2D eigenvalue weighted by Gasteiger charge is -2.12. The number of thiocarbonyl (C=S) groups is 1. The van der Waals surface area contributed by atoms with Gasteiger partial charge in [0.1, 0.15) is 5.76 Å².